The summed E-state index contributed by atoms with van der Waals surface area (Å²) in [6.45, 7) is 3.53. The molecule has 1 aromatic carbocycles. The summed E-state index contributed by atoms with van der Waals surface area (Å²) in [4.78, 5) is 15.1. The normalized spacial score (nSPS) is 21.6. The van der Waals surface area contributed by atoms with E-state index in [1.807, 2.05) is 0 Å². The van der Waals surface area contributed by atoms with E-state index in [-0.39, 0.29) is 18.7 Å². The average molecular weight is 365 g/mol. The molecule has 2 aliphatic heterocycles. The summed E-state index contributed by atoms with van der Waals surface area (Å²) in [5.41, 5.74) is 0.530. The SMILES string of the molecule is O=C(NC1CCN(CC2CCCC2)CC1)c1cc(Cl)c2c(c1)OCO2. The molecule has 2 fully saturated rings. The lowest BCUT2D eigenvalue weighted by Crippen LogP contribution is -2.45. The van der Waals surface area contributed by atoms with Crippen molar-refractivity contribution in [2.45, 2.75) is 44.6 Å². The highest BCUT2D eigenvalue weighted by Crippen LogP contribution is 2.39. The van der Waals surface area contributed by atoms with Gasteiger partial charge >= 0.3 is 0 Å². The van der Waals surface area contributed by atoms with Crippen LogP contribution in [0.1, 0.15) is 48.9 Å². The zero-order valence-corrected chi connectivity index (χ0v) is 15.2. The Morgan fingerprint density at radius 2 is 1.92 bits per heavy atom. The molecule has 1 N–H and O–H groups in total. The van der Waals surface area contributed by atoms with Crippen LogP contribution in [0.4, 0.5) is 0 Å². The van der Waals surface area contributed by atoms with Crippen LogP contribution in [0.5, 0.6) is 11.5 Å². The smallest absolute Gasteiger partial charge is 0.251 e. The Hall–Kier alpha value is -1.46. The summed E-state index contributed by atoms with van der Waals surface area (Å²) < 4.78 is 10.6. The molecule has 1 aliphatic carbocycles. The maximum atomic E-state index is 12.5. The van der Waals surface area contributed by atoms with Crippen LogP contribution < -0.4 is 14.8 Å². The standard InChI is InChI=1S/C19H25ClN2O3/c20-16-9-14(10-17-18(16)25-12-24-17)19(23)21-15-5-7-22(8-6-15)11-13-3-1-2-4-13/h9-10,13,15H,1-8,11-12H2,(H,21,23). The van der Waals surface area contributed by atoms with E-state index < -0.39 is 0 Å². The average Bonchev–Trinajstić information content (AvgIpc) is 3.28. The van der Waals surface area contributed by atoms with Crippen LogP contribution in [-0.4, -0.2) is 43.3 Å². The van der Waals surface area contributed by atoms with Gasteiger partial charge in [0.2, 0.25) is 6.79 Å². The molecule has 1 saturated carbocycles. The highest BCUT2D eigenvalue weighted by atomic mass is 35.5. The van der Waals surface area contributed by atoms with Gasteiger partial charge in [0.05, 0.1) is 5.02 Å². The summed E-state index contributed by atoms with van der Waals surface area (Å²) in [5.74, 6) is 1.87. The second kappa shape index (κ2) is 7.42. The van der Waals surface area contributed by atoms with Crippen molar-refractivity contribution < 1.29 is 14.3 Å². The Balaban J connectivity index is 1.29. The Morgan fingerprint density at radius 1 is 1.16 bits per heavy atom. The number of nitrogens with one attached hydrogen (secondary N) is 1. The van der Waals surface area contributed by atoms with Gasteiger partial charge in [-0.15, -0.1) is 0 Å². The Bertz CT molecular complexity index is 638. The van der Waals surface area contributed by atoms with Crippen molar-refractivity contribution in [1.82, 2.24) is 10.2 Å². The van der Waals surface area contributed by atoms with Gasteiger partial charge in [-0.05, 0) is 43.7 Å². The van der Waals surface area contributed by atoms with E-state index in [2.05, 4.69) is 10.2 Å². The third-order valence-electron chi connectivity index (χ3n) is 5.60. The first-order valence-corrected chi connectivity index (χ1v) is 9.69. The number of hydrogen-bond acceptors (Lipinski definition) is 4. The predicted molar refractivity (Wildman–Crippen MR) is 96.5 cm³/mol. The second-order valence-corrected chi connectivity index (χ2v) is 7.80. The van der Waals surface area contributed by atoms with Gasteiger partial charge < -0.3 is 19.7 Å². The molecule has 1 amide bonds. The molecular weight excluding hydrogens is 340 g/mol. The van der Waals surface area contributed by atoms with Crippen LogP contribution in [0, 0.1) is 5.92 Å². The number of fused-ring (bicyclic) bond motifs is 1. The fraction of sp³-hybridized carbons (Fsp3) is 0.632. The van der Waals surface area contributed by atoms with Gasteiger partial charge in [-0.1, -0.05) is 24.4 Å². The van der Waals surface area contributed by atoms with Crippen LogP contribution in [0.2, 0.25) is 5.02 Å². The predicted octanol–water partition coefficient (Wildman–Crippen LogP) is 3.45. The van der Waals surface area contributed by atoms with Gasteiger partial charge in [-0.2, -0.15) is 0 Å². The lowest BCUT2D eigenvalue weighted by molar-refractivity contribution is 0.0905. The second-order valence-electron chi connectivity index (χ2n) is 7.39. The number of carbonyl (C=O) groups is 1. The first kappa shape index (κ1) is 17.0. The maximum absolute atomic E-state index is 12.5. The van der Waals surface area contributed by atoms with Crippen LogP contribution in [0.15, 0.2) is 12.1 Å². The molecule has 25 heavy (non-hydrogen) atoms. The van der Waals surface area contributed by atoms with E-state index in [4.69, 9.17) is 21.1 Å². The lowest BCUT2D eigenvalue weighted by Gasteiger charge is -2.33. The van der Waals surface area contributed by atoms with Gasteiger partial charge in [0.1, 0.15) is 0 Å². The van der Waals surface area contributed by atoms with Gasteiger partial charge in [0.15, 0.2) is 11.5 Å². The molecular formula is C19H25ClN2O3. The van der Waals surface area contributed by atoms with Crippen LogP contribution in [-0.2, 0) is 0 Å². The third-order valence-corrected chi connectivity index (χ3v) is 5.88. The quantitative estimate of drug-likeness (QED) is 0.889. The largest absolute Gasteiger partial charge is 0.454 e. The molecule has 5 nitrogen and oxygen atoms in total. The van der Waals surface area contributed by atoms with E-state index in [1.54, 1.807) is 12.1 Å². The first-order chi connectivity index (χ1) is 12.2. The zero-order valence-electron chi connectivity index (χ0n) is 14.4. The molecule has 1 aromatic rings. The highest BCUT2D eigenvalue weighted by Gasteiger charge is 2.26. The number of benzene rings is 1. The van der Waals surface area contributed by atoms with Crippen molar-refractivity contribution in [3.05, 3.63) is 22.7 Å². The van der Waals surface area contributed by atoms with E-state index in [9.17, 15) is 4.79 Å². The number of rotatable bonds is 4. The van der Waals surface area contributed by atoms with Crippen LogP contribution in [0.25, 0.3) is 0 Å². The number of hydrogen-bond donors (Lipinski definition) is 1. The van der Waals surface area contributed by atoms with Gasteiger partial charge in [-0.25, -0.2) is 0 Å². The summed E-state index contributed by atoms with van der Waals surface area (Å²) in [6.07, 6.45) is 7.60. The minimum atomic E-state index is -0.0885. The number of nitrogens with zero attached hydrogens (tertiary/aromatic N) is 1. The minimum absolute atomic E-state index is 0.0885. The lowest BCUT2D eigenvalue weighted by atomic mass is 10.0. The number of carbonyl (C=O) groups excluding carboxylic acids is 1. The summed E-state index contributed by atoms with van der Waals surface area (Å²) in [7, 11) is 0. The number of likely N-dealkylation sites (tertiary alicyclic amines) is 1. The summed E-state index contributed by atoms with van der Waals surface area (Å²) in [6, 6.07) is 3.59. The Kier molecular flexibility index (Phi) is 5.04. The molecule has 3 aliphatic rings. The number of piperidine rings is 1. The zero-order chi connectivity index (χ0) is 17.2. The van der Waals surface area contributed by atoms with Gasteiger partial charge in [0.25, 0.3) is 5.91 Å². The molecule has 136 valence electrons. The molecule has 0 unspecified atom stereocenters. The van der Waals surface area contributed by atoms with Gasteiger partial charge in [0, 0.05) is 31.2 Å². The molecule has 0 bridgehead atoms. The first-order valence-electron chi connectivity index (χ1n) is 9.31. The van der Waals surface area contributed by atoms with Gasteiger partial charge in [-0.3, -0.25) is 4.79 Å². The molecule has 6 heteroatoms. The number of ether oxygens (including phenoxy) is 2. The Morgan fingerprint density at radius 3 is 2.68 bits per heavy atom. The van der Waals surface area contributed by atoms with Crippen molar-refractivity contribution in [3.8, 4) is 11.5 Å². The van der Waals surface area contributed by atoms with Crippen molar-refractivity contribution in [2.75, 3.05) is 26.4 Å². The maximum Gasteiger partial charge on any atom is 0.251 e. The molecule has 0 radical (unpaired) electrons. The van der Waals surface area contributed by atoms with E-state index in [0.717, 1.165) is 31.8 Å². The summed E-state index contributed by atoms with van der Waals surface area (Å²) in [5, 5.41) is 3.57. The van der Waals surface area contributed by atoms with Crippen molar-refractivity contribution >= 4 is 17.5 Å². The fourth-order valence-electron chi connectivity index (χ4n) is 4.19. The van der Waals surface area contributed by atoms with Crippen LogP contribution in [0.3, 0.4) is 0 Å². The number of amides is 1. The molecule has 0 aromatic heterocycles. The monoisotopic (exact) mass is 364 g/mol. The highest BCUT2D eigenvalue weighted by molar-refractivity contribution is 6.32. The molecule has 2 heterocycles. The fourth-order valence-corrected chi connectivity index (χ4v) is 4.45. The molecule has 4 rings (SSSR count). The Labute approximate surface area is 153 Å². The van der Waals surface area contributed by atoms with Crippen molar-refractivity contribution in [3.63, 3.8) is 0 Å². The minimum Gasteiger partial charge on any atom is -0.454 e. The van der Waals surface area contributed by atoms with E-state index in [0.29, 0.717) is 22.1 Å². The topological polar surface area (TPSA) is 50.8 Å². The van der Waals surface area contributed by atoms with Crippen molar-refractivity contribution in [1.29, 1.82) is 0 Å². The molecule has 0 spiro atoms. The van der Waals surface area contributed by atoms with E-state index >= 15 is 0 Å². The van der Waals surface area contributed by atoms with Crippen LogP contribution >= 0.6 is 11.6 Å². The number of halogens is 1. The van der Waals surface area contributed by atoms with E-state index in [1.165, 1.54) is 32.2 Å². The summed E-state index contributed by atoms with van der Waals surface area (Å²) >= 11 is 6.17. The molecule has 0 atom stereocenters. The van der Waals surface area contributed by atoms with Crippen molar-refractivity contribution in [2.24, 2.45) is 5.92 Å². The molecule has 1 saturated heterocycles. The third kappa shape index (κ3) is 3.87.